The minimum Gasteiger partial charge on any atom is -0.326 e. The molecule has 2 rings (SSSR count). The van der Waals surface area contributed by atoms with Gasteiger partial charge in [-0.3, -0.25) is 14.3 Å². The lowest BCUT2D eigenvalue weighted by Gasteiger charge is -2.14. The van der Waals surface area contributed by atoms with Crippen LogP contribution in [0.25, 0.3) is 0 Å². The van der Waals surface area contributed by atoms with E-state index in [9.17, 15) is 9.59 Å². The van der Waals surface area contributed by atoms with E-state index in [-0.39, 0.29) is 17.6 Å². The second-order valence-corrected chi connectivity index (χ2v) is 6.00. The summed E-state index contributed by atoms with van der Waals surface area (Å²) < 4.78 is 1.88. The highest BCUT2D eigenvalue weighted by molar-refractivity contribution is 5.96. The molecule has 23 heavy (non-hydrogen) atoms. The zero-order valence-electron chi connectivity index (χ0n) is 14.3. The number of carbonyl (C=O) groups is 2. The molecule has 0 aliphatic heterocycles. The highest BCUT2D eigenvalue weighted by Gasteiger charge is 2.17. The van der Waals surface area contributed by atoms with Crippen LogP contribution in [-0.4, -0.2) is 21.5 Å². The molecule has 2 aromatic rings. The Morgan fingerprint density at radius 3 is 2.26 bits per heavy atom. The lowest BCUT2D eigenvalue weighted by molar-refractivity contribution is -0.119. The third kappa shape index (κ3) is 3.86. The molecule has 5 heteroatoms. The van der Waals surface area contributed by atoms with Crippen molar-refractivity contribution >= 4 is 17.4 Å². The zero-order valence-corrected chi connectivity index (χ0v) is 14.3. The summed E-state index contributed by atoms with van der Waals surface area (Å²) in [6, 6.07) is 6.92. The number of aromatic nitrogens is 2. The van der Waals surface area contributed by atoms with Crippen molar-refractivity contribution in [1.29, 1.82) is 0 Å². The summed E-state index contributed by atoms with van der Waals surface area (Å²) >= 11 is 0. The Bertz CT molecular complexity index is 729. The fourth-order valence-electron chi connectivity index (χ4n) is 2.36. The summed E-state index contributed by atoms with van der Waals surface area (Å²) in [5.41, 5.74) is 4.57. The molecule has 0 saturated heterocycles. The molecule has 1 atom stereocenters. The monoisotopic (exact) mass is 313 g/mol. The topological polar surface area (TPSA) is 64.0 Å². The number of anilines is 1. The molecular weight excluding hydrogens is 290 g/mol. The lowest BCUT2D eigenvalue weighted by Crippen LogP contribution is -2.25. The molecule has 1 amide bonds. The highest BCUT2D eigenvalue weighted by Crippen LogP contribution is 2.15. The van der Waals surface area contributed by atoms with Crippen molar-refractivity contribution in [2.75, 3.05) is 5.32 Å². The first kappa shape index (κ1) is 16.9. The van der Waals surface area contributed by atoms with Gasteiger partial charge in [-0.1, -0.05) is 6.92 Å². The molecule has 122 valence electrons. The summed E-state index contributed by atoms with van der Waals surface area (Å²) in [6.07, 6.45) is 0. The molecular formula is C18H23N3O2. The standard InChI is InChI=1S/C18H23N3O2/c1-11(10-21-14(4)12(2)13(3)20-21)18(23)19-17-8-6-16(7-9-17)15(5)22/h6-9,11H,10H2,1-5H3,(H,19,23)/t11-/m1/s1. The number of nitrogens with zero attached hydrogens (tertiary/aromatic N) is 2. The molecule has 0 aliphatic rings. The van der Waals surface area contributed by atoms with Crippen molar-refractivity contribution in [3.63, 3.8) is 0 Å². The van der Waals surface area contributed by atoms with Crippen LogP contribution in [-0.2, 0) is 11.3 Å². The Balaban J connectivity index is 2.02. The van der Waals surface area contributed by atoms with Gasteiger partial charge in [0.2, 0.25) is 5.91 Å². The number of benzene rings is 1. The number of hydrogen-bond acceptors (Lipinski definition) is 3. The Kier molecular flexibility index (Phi) is 4.98. The van der Waals surface area contributed by atoms with Crippen molar-refractivity contribution in [2.45, 2.75) is 41.2 Å². The molecule has 0 spiro atoms. The molecule has 0 fully saturated rings. The fraction of sp³-hybridized carbons (Fsp3) is 0.389. The van der Waals surface area contributed by atoms with Crippen LogP contribution in [0.2, 0.25) is 0 Å². The SMILES string of the molecule is CC(=O)c1ccc(NC(=O)[C@H](C)Cn2nc(C)c(C)c2C)cc1. The average molecular weight is 313 g/mol. The second-order valence-electron chi connectivity index (χ2n) is 6.00. The molecule has 1 heterocycles. The van der Waals surface area contributed by atoms with E-state index in [0.717, 1.165) is 17.0 Å². The zero-order chi connectivity index (χ0) is 17.1. The first-order valence-electron chi connectivity index (χ1n) is 7.72. The quantitative estimate of drug-likeness (QED) is 0.862. The number of ketones is 1. The van der Waals surface area contributed by atoms with E-state index in [1.54, 1.807) is 24.3 Å². The molecule has 0 unspecified atom stereocenters. The Labute approximate surface area is 136 Å². The summed E-state index contributed by atoms with van der Waals surface area (Å²) in [5, 5.41) is 7.35. The normalized spacial score (nSPS) is 12.0. The molecule has 1 aromatic heterocycles. The minimum absolute atomic E-state index is 0.0103. The van der Waals surface area contributed by atoms with Gasteiger partial charge in [-0.2, -0.15) is 5.10 Å². The number of rotatable bonds is 5. The van der Waals surface area contributed by atoms with E-state index in [4.69, 9.17) is 0 Å². The van der Waals surface area contributed by atoms with E-state index in [1.807, 2.05) is 32.4 Å². The number of aryl methyl sites for hydroxylation is 1. The van der Waals surface area contributed by atoms with Gasteiger partial charge >= 0.3 is 0 Å². The first-order chi connectivity index (χ1) is 10.8. The van der Waals surface area contributed by atoms with Crippen molar-refractivity contribution in [3.8, 4) is 0 Å². The average Bonchev–Trinajstić information content (AvgIpc) is 2.75. The van der Waals surface area contributed by atoms with Gasteiger partial charge in [-0.25, -0.2) is 0 Å². The van der Waals surface area contributed by atoms with Gasteiger partial charge in [-0.15, -0.1) is 0 Å². The second kappa shape index (κ2) is 6.77. The molecule has 1 N–H and O–H groups in total. The number of nitrogens with one attached hydrogen (secondary N) is 1. The van der Waals surface area contributed by atoms with Gasteiger partial charge in [0, 0.05) is 16.9 Å². The highest BCUT2D eigenvalue weighted by atomic mass is 16.2. The van der Waals surface area contributed by atoms with Crippen LogP contribution in [0.5, 0.6) is 0 Å². The Morgan fingerprint density at radius 1 is 1.17 bits per heavy atom. The van der Waals surface area contributed by atoms with Crippen molar-refractivity contribution in [2.24, 2.45) is 5.92 Å². The van der Waals surface area contributed by atoms with Gasteiger partial charge in [0.15, 0.2) is 5.78 Å². The predicted octanol–water partition coefficient (Wildman–Crippen LogP) is 3.29. The number of Topliss-reactive ketones (excluding diaryl/α,β-unsaturated/α-hetero) is 1. The smallest absolute Gasteiger partial charge is 0.229 e. The van der Waals surface area contributed by atoms with E-state index < -0.39 is 0 Å². The van der Waals surface area contributed by atoms with Crippen molar-refractivity contribution in [3.05, 3.63) is 46.8 Å². The van der Waals surface area contributed by atoms with Crippen LogP contribution in [0, 0.1) is 26.7 Å². The predicted molar refractivity (Wildman–Crippen MR) is 90.7 cm³/mol. The van der Waals surface area contributed by atoms with Gasteiger partial charge in [-0.05, 0) is 57.5 Å². The summed E-state index contributed by atoms with van der Waals surface area (Å²) in [4.78, 5) is 23.6. The fourth-order valence-corrected chi connectivity index (χ4v) is 2.36. The molecule has 0 aliphatic carbocycles. The van der Waals surface area contributed by atoms with Gasteiger partial charge in [0.25, 0.3) is 0 Å². The third-order valence-corrected chi connectivity index (χ3v) is 4.20. The number of carbonyl (C=O) groups excluding carboxylic acids is 2. The Hall–Kier alpha value is -2.43. The largest absolute Gasteiger partial charge is 0.326 e. The van der Waals surface area contributed by atoms with E-state index in [1.165, 1.54) is 6.92 Å². The Morgan fingerprint density at radius 2 is 1.78 bits per heavy atom. The molecule has 5 nitrogen and oxygen atoms in total. The summed E-state index contributed by atoms with van der Waals surface area (Å²) in [7, 11) is 0. The summed E-state index contributed by atoms with van der Waals surface area (Å²) in [6.45, 7) is 9.96. The van der Waals surface area contributed by atoms with Gasteiger partial charge < -0.3 is 5.32 Å². The van der Waals surface area contributed by atoms with E-state index in [0.29, 0.717) is 17.8 Å². The molecule has 0 radical (unpaired) electrons. The van der Waals surface area contributed by atoms with Crippen LogP contribution in [0.15, 0.2) is 24.3 Å². The van der Waals surface area contributed by atoms with Gasteiger partial charge in [0.05, 0.1) is 18.2 Å². The maximum absolute atomic E-state index is 12.3. The van der Waals surface area contributed by atoms with Crippen molar-refractivity contribution in [1.82, 2.24) is 9.78 Å². The minimum atomic E-state index is -0.208. The molecule has 1 aromatic carbocycles. The third-order valence-electron chi connectivity index (χ3n) is 4.20. The molecule has 0 saturated carbocycles. The van der Waals surface area contributed by atoms with E-state index in [2.05, 4.69) is 10.4 Å². The maximum atomic E-state index is 12.3. The van der Waals surface area contributed by atoms with Crippen LogP contribution in [0.4, 0.5) is 5.69 Å². The lowest BCUT2D eigenvalue weighted by atomic mass is 10.1. The van der Waals surface area contributed by atoms with Crippen LogP contribution < -0.4 is 5.32 Å². The van der Waals surface area contributed by atoms with Gasteiger partial charge in [0.1, 0.15) is 0 Å². The molecule has 0 bridgehead atoms. The van der Waals surface area contributed by atoms with Crippen LogP contribution >= 0.6 is 0 Å². The number of hydrogen-bond donors (Lipinski definition) is 1. The van der Waals surface area contributed by atoms with Crippen molar-refractivity contribution < 1.29 is 9.59 Å². The number of amides is 1. The maximum Gasteiger partial charge on any atom is 0.229 e. The first-order valence-corrected chi connectivity index (χ1v) is 7.72. The van der Waals surface area contributed by atoms with Crippen LogP contribution in [0.1, 0.15) is 41.2 Å². The van der Waals surface area contributed by atoms with Crippen LogP contribution in [0.3, 0.4) is 0 Å². The summed E-state index contributed by atoms with van der Waals surface area (Å²) in [5.74, 6) is -0.262. The van der Waals surface area contributed by atoms with E-state index >= 15 is 0 Å².